The van der Waals surface area contributed by atoms with E-state index in [-0.39, 0.29) is 23.2 Å². The average Bonchev–Trinajstić information content (AvgIpc) is 3.15. The zero-order valence-corrected chi connectivity index (χ0v) is 17.3. The molecule has 1 saturated heterocycles. The molecule has 2 fully saturated rings. The van der Waals surface area contributed by atoms with E-state index in [9.17, 15) is 9.59 Å². The van der Waals surface area contributed by atoms with Crippen LogP contribution in [0.5, 0.6) is 0 Å². The highest BCUT2D eigenvalue weighted by molar-refractivity contribution is 7.16. The van der Waals surface area contributed by atoms with Crippen LogP contribution < -0.4 is 10.9 Å². The SMILES string of the molecule is Cc1nc2sc(C3CCCN3C(=O)NC3(c4ccccc4)CC3)nn2c(=O)c1C. The number of hydrogen-bond donors (Lipinski definition) is 1. The van der Waals surface area contributed by atoms with Gasteiger partial charge in [0.05, 0.1) is 11.6 Å². The minimum Gasteiger partial charge on any atom is -0.328 e. The molecule has 1 aromatic carbocycles. The summed E-state index contributed by atoms with van der Waals surface area (Å²) >= 11 is 1.40. The van der Waals surface area contributed by atoms with E-state index in [0.717, 1.165) is 41.9 Å². The molecule has 1 unspecified atom stereocenters. The molecule has 150 valence electrons. The van der Waals surface area contributed by atoms with Crippen molar-refractivity contribution in [3.05, 3.63) is 62.5 Å². The first-order chi connectivity index (χ1) is 14.0. The minimum absolute atomic E-state index is 0.0548. The number of nitrogens with one attached hydrogen (secondary N) is 1. The first-order valence-electron chi connectivity index (χ1n) is 10.00. The van der Waals surface area contributed by atoms with Crippen LogP contribution in [0.2, 0.25) is 0 Å². The summed E-state index contributed by atoms with van der Waals surface area (Å²) < 4.78 is 1.38. The van der Waals surface area contributed by atoms with Gasteiger partial charge in [0.1, 0.15) is 5.01 Å². The Hall–Kier alpha value is -2.74. The van der Waals surface area contributed by atoms with Crippen LogP contribution in [0.25, 0.3) is 4.96 Å². The van der Waals surface area contributed by atoms with E-state index in [2.05, 4.69) is 27.5 Å². The summed E-state index contributed by atoms with van der Waals surface area (Å²) in [6, 6.07) is 9.99. The van der Waals surface area contributed by atoms with Gasteiger partial charge < -0.3 is 10.2 Å². The van der Waals surface area contributed by atoms with Gasteiger partial charge in [-0.25, -0.2) is 9.78 Å². The molecular formula is C21H23N5O2S. The van der Waals surface area contributed by atoms with Crippen molar-refractivity contribution in [1.82, 2.24) is 24.8 Å². The van der Waals surface area contributed by atoms with Gasteiger partial charge in [-0.15, -0.1) is 0 Å². The maximum Gasteiger partial charge on any atom is 0.318 e. The molecule has 3 aromatic rings. The first-order valence-corrected chi connectivity index (χ1v) is 10.8. The Kier molecular flexibility index (Phi) is 4.20. The Bertz CT molecular complexity index is 1150. The normalized spacial score (nSPS) is 20.2. The topological polar surface area (TPSA) is 79.6 Å². The summed E-state index contributed by atoms with van der Waals surface area (Å²) in [4.78, 5) is 32.6. The molecule has 7 nitrogen and oxygen atoms in total. The summed E-state index contributed by atoms with van der Waals surface area (Å²) in [6.45, 7) is 4.30. The zero-order valence-electron chi connectivity index (χ0n) is 16.5. The molecule has 0 spiro atoms. The highest BCUT2D eigenvalue weighted by Crippen LogP contribution is 2.46. The third-order valence-electron chi connectivity index (χ3n) is 6.12. The van der Waals surface area contributed by atoms with Gasteiger partial charge in [0, 0.05) is 17.8 Å². The van der Waals surface area contributed by atoms with E-state index in [0.29, 0.717) is 17.1 Å². The van der Waals surface area contributed by atoms with Crippen LogP contribution in [-0.2, 0) is 5.54 Å². The van der Waals surface area contributed by atoms with E-state index < -0.39 is 0 Å². The lowest BCUT2D eigenvalue weighted by Crippen LogP contribution is -2.44. The van der Waals surface area contributed by atoms with Crippen molar-refractivity contribution in [3.8, 4) is 0 Å². The highest BCUT2D eigenvalue weighted by atomic mass is 32.1. The molecule has 2 aliphatic rings. The van der Waals surface area contributed by atoms with Gasteiger partial charge in [-0.2, -0.15) is 9.61 Å². The Labute approximate surface area is 172 Å². The van der Waals surface area contributed by atoms with E-state index >= 15 is 0 Å². The van der Waals surface area contributed by atoms with Gasteiger partial charge in [0.25, 0.3) is 5.56 Å². The van der Waals surface area contributed by atoms with Crippen LogP contribution in [0.1, 0.15) is 53.6 Å². The summed E-state index contributed by atoms with van der Waals surface area (Å²) in [6.07, 6.45) is 3.69. The second kappa shape index (κ2) is 6.66. The molecule has 1 atom stereocenters. The van der Waals surface area contributed by atoms with Crippen molar-refractivity contribution >= 4 is 22.3 Å². The average molecular weight is 410 g/mol. The minimum atomic E-state index is -0.244. The number of hydrogen-bond acceptors (Lipinski definition) is 5. The van der Waals surface area contributed by atoms with Crippen LogP contribution >= 0.6 is 11.3 Å². The molecule has 1 N–H and O–H groups in total. The smallest absolute Gasteiger partial charge is 0.318 e. The van der Waals surface area contributed by atoms with E-state index in [1.807, 2.05) is 30.0 Å². The first kappa shape index (κ1) is 18.3. The van der Waals surface area contributed by atoms with Crippen molar-refractivity contribution in [2.45, 2.75) is 51.1 Å². The number of benzene rings is 1. The van der Waals surface area contributed by atoms with E-state index in [1.54, 1.807) is 6.92 Å². The Morgan fingerprint density at radius 2 is 2.00 bits per heavy atom. The van der Waals surface area contributed by atoms with Crippen LogP contribution in [0.15, 0.2) is 35.1 Å². The molecule has 1 saturated carbocycles. The summed E-state index contributed by atoms with van der Waals surface area (Å²) in [5.74, 6) is 0. The number of aryl methyl sites for hydroxylation is 1. The maximum absolute atomic E-state index is 13.2. The summed E-state index contributed by atoms with van der Waals surface area (Å²) in [7, 11) is 0. The lowest BCUT2D eigenvalue weighted by atomic mass is 10.1. The van der Waals surface area contributed by atoms with Gasteiger partial charge >= 0.3 is 6.03 Å². The van der Waals surface area contributed by atoms with Gasteiger partial charge in [0.2, 0.25) is 4.96 Å². The Balaban J connectivity index is 1.42. The monoisotopic (exact) mass is 409 g/mol. The van der Waals surface area contributed by atoms with Crippen LogP contribution in [-0.4, -0.2) is 32.1 Å². The molecule has 5 rings (SSSR count). The van der Waals surface area contributed by atoms with Gasteiger partial charge in [-0.1, -0.05) is 41.7 Å². The maximum atomic E-state index is 13.2. The van der Waals surface area contributed by atoms with Crippen molar-refractivity contribution in [3.63, 3.8) is 0 Å². The number of aromatic nitrogens is 3. The predicted octanol–water partition coefficient (Wildman–Crippen LogP) is 3.30. The molecule has 2 aromatic heterocycles. The Morgan fingerprint density at radius 3 is 2.72 bits per heavy atom. The summed E-state index contributed by atoms with van der Waals surface area (Å²) in [5, 5.41) is 8.58. The third-order valence-corrected chi connectivity index (χ3v) is 7.13. The Morgan fingerprint density at radius 1 is 1.24 bits per heavy atom. The van der Waals surface area contributed by atoms with Crippen LogP contribution in [0, 0.1) is 13.8 Å². The lowest BCUT2D eigenvalue weighted by molar-refractivity contribution is 0.187. The number of rotatable bonds is 3. The number of amides is 2. The van der Waals surface area contributed by atoms with Crippen LogP contribution in [0.3, 0.4) is 0 Å². The molecule has 2 amide bonds. The number of likely N-dealkylation sites (tertiary alicyclic amines) is 1. The molecule has 1 aliphatic heterocycles. The predicted molar refractivity (Wildman–Crippen MR) is 111 cm³/mol. The van der Waals surface area contributed by atoms with E-state index in [4.69, 9.17) is 0 Å². The molecule has 3 heterocycles. The number of urea groups is 1. The molecule has 0 radical (unpaired) electrons. The number of fused-ring (bicyclic) bond motifs is 1. The zero-order chi connectivity index (χ0) is 20.2. The fraction of sp³-hybridized carbons (Fsp3) is 0.429. The fourth-order valence-corrected chi connectivity index (χ4v) is 5.17. The number of carbonyl (C=O) groups is 1. The van der Waals surface area contributed by atoms with Gasteiger partial charge in [-0.3, -0.25) is 4.79 Å². The van der Waals surface area contributed by atoms with Crippen molar-refractivity contribution < 1.29 is 4.79 Å². The molecule has 0 bridgehead atoms. The van der Waals surface area contributed by atoms with Gasteiger partial charge in [-0.05, 0) is 45.1 Å². The molecule has 8 heteroatoms. The van der Waals surface area contributed by atoms with Crippen molar-refractivity contribution in [2.24, 2.45) is 0 Å². The van der Waals surface area contributed by atoms with Crippen LogP contribution in [0.4, 0.5) is 4.79 Å². The number of nitrogens with zero attached hydrogens (tertiary/aromatic N) is 4. The van der Waals surface area contributed by atoms with Crippen molar-refractivity contribution in [1.29, 1.82) is 0 Å². The molecule has 29 heavy (non-hydrogen) atoms. The number of carbonyl (C=O) groups excluding carboxylic acids is 1. The second-order valence-electron chi connectivity index (χ2n) is 7.99. The standard InChI is InChI=1S/C21H23N5O2S/c1-13-14(2)22-20-26(18(13)27)24-17(29-20)16-9-6-12-25(16)19(28)23-21(10-11-21)15-7-4-3-5-8-15/h3-5,7-8,16H,6,9-12H2,1-2H3,(H,23,28). The quantitative estimate of drug-likeness (QED) is 0.720. The fourth-order valence-electron chi connectivity index (χ4n) is 4.09. The van der Waals surface area contributed by atoms with Gasteiger partial charge in [0.15, 0.2) is 0 Å². The summed E-state index contributed by atoms with van der Waals surface area (Å²) in [5.41, 5.74) is 2.12. The van der Waals surface area contributed by atoms with Crippen molar-refractivity contribution in [2.75, 3.05) is 6.54 Å². The third kappa shape index (κ3) is 3.02. The largest absolute Gasteiger partial charge is 0.328 e. The highest BCUT2D eigenvalue weighted by Gasteiger charge is 2.47. The van der Waals surface area contributed by atoms with E-state index in [1.165, 1.54) is 15.9 Å². The lowest BCUT2D eigenvalue weighted by Gasteiger charge is -2.27. The molecule has 1 aliphatic carbocycles. The molecular weight excluding hydrogens is 386 g/mol. The second-order valence-corrected chi connectivity index (χ2v) is 8.98.